The van der Waals surface area contributed by atoms with Gasteiger partial charge in [0.1, 0.15) is 0 Å². The first-order valence-electron chi connectivity index (χ1n) is 11.1. The zero-order valence-electron chi connectivity index (χ0n) is 17.6. The van der Waals surface area contributed by atoms with Crippen molar-refractivity contribution in [2.45, 2.75) is 131 Å². The molecular formula is C21H48SiSn. The molecule has 0 nitrogen and oxygen atoms in total. The molecule has 0 radical (unpaired) electrons. The van der Waals surface area contributed by atoms with E-state index in [0.29, 0.717) is 0 Å². The van der Waals surface area contributed by atoms with Gasteiger partial charge in [0.25, 0.3) is 0 Å². The fraction of sp³-hybridized carbons (Fsp3) is 1.00. The molecular weight excluding hydrogens is 399 g/mol. The molecule has 0 bridgehead atoms. The number of hydrogen-bond donors (Lipinski definition) is 0. The molecule has 0 aromatic heterocycles. The van der Waals surface area contributed by atoms with Gasteiger partial charge in [0.05, 0.1) is 0 Å². The third kappa shape index (κ3) is 7.42. The molecule has 0 aliphatic heterocycles. The van der Waals surface area contributed by atoms with Gasteiger partial charge < -0.3 is 0 Å². The van der Waals surface area contributed by atoms with Crippen LogP contribution in [0.15, 0.2) is 0 Å². The molecule has 0 unspecified atom stereocenters. The average molecular weight is 447 g/mol. The van der Waals surface area contributed by atoms with E-state index in [9.17, 15) is 0 Å². The van der Waals surface area contributed by atoms with Gasteiger partial charge in [-0.2, -0.15) is 0 Å². The predicted molar refractivity (Wildman–Crippen MR) is 116 cm³/mol. The summed E-state index contributed by atoms with van der Waals surface area (Å²) in [6, 6.07) is 5.09. The van der Waals surface area contributed by atoms with Crippen molar-refractivity contribution >= 4 is 23.2 Å². The van der Waals surface area contributed by atoms with Gasteiger partial charge in [-0.3, -0.25) is 0 Å². The molecule has 0 aliphatic carbocycles. The van der Waals surface area contributed by atoms with Crippen molar-refractivity contribution in [2.24, 2.45) is 0 Å². The van der Waals surface area contributed by atoms with Crippen molar-refractivity contribution in [1.29, 1.82) is 0 Å². The van der Waals surface area contributed by atoms with Crippen molar-refractivity contribution in [3.63, 3.8) is 0 Å². The predicted octanol–water partition coefficient (Wildman–Crippen LogP) is 8.59. The summed E-state index contributed by atoms with van der Waals surface area (Å²) in [6.45, 7) is 14.8. The van der Waals surface area contributed by atoms with Gasteiger partial charge in [-0.05, 0) is 0 Å². The molecule has 0 fully saturated rings. The summed E-state index contributed by atoms with van der Waals surface area (Å²) in [7, 11) is 0. The van der Waals surface area contributed by atoms with Crippen LogP contribution < -0.4 is 0 Å². The van der Waals surface area contributed by atoms with Gasteiger partial charge in [-0.25, -0.2) is 0 Å². The number of hydrogen-bond acceptors (Lipinski definition) is 0. The Hall–Kier alpha value is 1.02. The first-order valence-corrected chi connectivity index (χ1v) is 24.1. The Labute approximate surface area is 153 Å². The Balaban J connectivity index is 5.75. The quantitative estimate of drug-likeness (QED) is 0.208. The topological polar surface area (TPSA) is 0 Å². The molecule has 0 N–H and O–H groups in total. The summed E-state index contributed by atoms with van der Waals surface area (Å²) < 4.78 is 5.28. The Morgan fingerprint density at radius 1 is 0.478 bits per heavy atom. The number of rotatable bonds is 16. The second-order valence-corrected chi connectivity index (χ2v) is 40.0. The maximum atomic E-state index is 2.49. The van der Waals surface area contributed by atoms with Crippen molar-refractivity contribution in [3.8, 4) is 0 Å². The van der Waals surface area contributed by atoms with Crippen LogP contribution in [0.3, 0.4) is 0 Å². The van der Waals surface area contributed by atoms with Crippen molar-refractivity contribution in [2.75, 3.05) is 0 Å². The fourth-order valence-corrected chi connectivity index (χ4v) is 60.3. The second kappa shape index (κ2) is 14.2. The van der Waals surface area contributed by atoms with Crippen LogP contribution in [0.2, 0.25) is 31.4 Å². The first-order chi connectivity index (χ1) is 11.1. The fourth-order valence-electron chi connectivity index (χ4n) is 5.32. The van der Waals surface area contributed by atoms with E-state index in [1.807, 2.05) is 0 Å². The molecule has 0 rings (SSSR count). The number of unbranched alkanes of at least 4 members (excludes halogenated alkanes) is 3. The molecule has 0 atom stereocenters. The van der Waals surface area contributed by atoms with Gasteiger partial charge in [0, 0.05) is 0 Å². The molecule has 0 saturated heterocycles. The molecule has 0 aliphatic rings. The van der Waals surface area contributed by atoms with Gasteiger partial charge in [0.2, 0.25) is 0 Å². The van der Waals surface area contributed by atoms with Gasteiger partial charge in [0.15, 0.2) is 0 Å². The minimum atomic E-state index is -2.00. The van der Waals surface area contributed by atoms with E-state index in [2.05, 4.69) is 41.5 Å². The molecule has 0 aromatic carbocycles. The van der Waals surface area contributed by atoms with Crippen LogP contribution in [0.4, 0.5) is 0 Å². The summed E-state index contributed by atoms with van der Waals surface area (Å²) in [6.07, 6.45) is 13.4. The second-order valence-electron chi connectivity index (χ2n) is 8.12. The van der Waals surface area contributed by atoms with Crippen LogP contribution in [0.1, 0.15) is 99.3 Å². The van der Waals surface area contributed by atoms with Crippen molar-refractivity contribution in [3.05, 3.63) is 0 Å². The standard InChI is InChI=1S/C9H21Si.3C4H9.Sn/c1-4-7-10(8-5-2)9-6-3;3*1-3-4-2;/h4-9H2,1-3H3;3*1,3-4H2,2H3;. The first kappa shape index (κ1) is 24.0. The van der Waals surface area contributed by atoms with E-state index in [0.717, 1.165) is 0 Å². The monoisotopic (exact) mass is 448 g/mol. The van der Waals surface area contributed by atoms with Gasteiger partial charge >= 0.3 is 154 Å². The molecule has 2 heteroatoms. The molecule has 0 spiro atoms. The van der Waals surface area contributed by atoms with E-state index in [1.54, 1.807) is 50.7 Å². The Morgan fingerprint density at radius 2 is 0.783 bits per heavy atom. The van der Waals surface area contributed by atoms with Crippen molar-refractivity contribution in [1.82, 2.24) is 0 Å². The summed E-state index contributed by atoms with van der Waals surface area (Å²) in [4.78, 5) is 0. The maximum absolute atomic E-state index is 2.49. The minimum absolute atomic E-state index is 0.977. The Morgan fingerprint density at radius 3 is 1.00 bits per heavy atom. The zero-order valence-corrected chi connectivity index (χ0v) is 21.5. The molecule has 0 aromatic rings. The van der Waals surface area contributed by atoms with Crippen LogP contribution in [0.25, 0.3) is 0 Å². The SMILES string of the molecule is CCC[CH2][Sn]([CH2]CCC)([CH2]CCC)[Si](CCC)(CCC)CCC. The Kier molecular flexibility index (Phi) is 14.8. The molecule has 0 heterocycles. The van der Waals surface area contributed by atoms with E-state index in [1.165, 1.54) is 38.5 Å². The summed E-state index contributed by atoms with van der Waals surface area (Å²) >= 11 is -2.00. The van der Waals surface area contributed by atoms with Crippen LogP contribution in [-0.2, 0) is 0 Å². The molecule has 23 heavy (non-hydrogen) atoms. The van der Waals surface area contributed by atoms with Crippen LogP contribution in [0.5, 0.6) is 0 Å². The summed E-state index contributed by atoms with van der Waals surface area (Å²) in [5.41, 5.74) is -0.977. The van der Waals surface area contributed by atoms with E-state index < -0.39 is 23.2 Å². The third-order valence-corrected chi connectivity index (χ3v) is 54.9. The van der Waals surface area contributed by atoms with E-state index >= 15 is 0 Å². The molecule has 0 saturated carbocycles. The Bertz CT molecular complexity index is 226. The summed E-state index contributed by atoms with van der Waals surface area (Å²) in [5, 5.41) is 0. The van der Waals surface area contributed by atoms with Crippen LogP contribution >= 0.6 is 0 Å². The molecule has 0 amide bonds. The van der Waals surface area contributed by atoms with Gasteiger partial charge in [-0.15, -0.1) is 0 Å². The zero-order chi connectivity index (χ0) is 17.6. The van der Waals surface area contributed by atoms with Crippen LogP contribution in [-0.4, -0.2) is 23.2 Å². The van der Waals surface area contributed by atoms with Crippen molar-refractivity contribution < 1.29 is 0 Å². The third-order valence-electron chi connectivity index (χ3n) is 6.34. The normalized spacial score (nSPS) is 12.8. The van der Waals surface area contributed by atoms with E-state index in [-0.39, 0.29) is 0 Å². The van der Waals surface area contributed by atoms with E-state index in [4.69, 9.17) is 0 Å². The van der Waals surface area contributed by atoms with Gasteiger partial charge in [-0.1, -0.05) is 0 Å². The summed E-state index contributed by atoms with van der Waals surface area (Å²) in [5.74, 6) is 0. The average Bonchev–Trinajstić information content (AvgIpc) is 2.55. The van der Waals surface area contributed by atoms with Crippen LogP contribution in [0, 0.1) is 0 Å². The molecule has 140 valence electrons.